The lowest BCUT2D eigenvalue weighted by atomic mass is 10.0. The molecule has 2 aromatic rings. The van der Waals surface area contributed by atoms with Gasteiger partial charge in [-0.1, -0.05) is 6.07 Å². The molecule has 90 valence electrons. The monoisotopic (exact) mass is 244 g/mol. The van der Waals surface area contributed by atoms with Crippen LogP contribution in [-0.2, 0) is 17.4 Å². The average molecular weight is 244 g/mol. The summed E-state index contributed by atoms with van der Waals surface area (Å²) in [4.78, 5) is 10.5. The van der Waals surface area contributed by atoms with Gasteiger partial charge in [-0.25, -0.2) is 0 Å². The smallest absolute Gasteiger partial charge is 0.417 e. The van der Waals surface area contributed by atoms with Gasteiger partial charge >= 0.3 is 12.1 Å². The van der Waals surface area contributed by atoms with Gasteiger partial charge in [0.1, 0.15) is 5.58 Å². The standard InChI is InChI=1S/C11H7F3O3/c12-11(13,14)7-2-1-3-8-10(7)6(5-17-8)4-9(15)16/h1-3,5H,4H2,(H,15,16). The number of fused-ring (bicyclic) bond motifs is 1. The van der Waals surface area contributed by atoms with Crippen molar-refractivity contribution in [2.45, 2.75) is 12.6 Å². The lowest BCUT2D eigenvalue weighted by Crippen LogP contribution is -2.07. The van der Waals surface area contributed by atoms with E-state index in [4.69, 9.17) is 9.52 Å². The van der Waals surface area contributed by atoms with Crippen molar-refractivity contribution >= 4 is 16.9 Å². The Kier molecular flexibility index (Phi) is 2.57. The predicted octanol–water partition coefficient (Wildman–Crippen LogP) is 3.08. The van der Waals surface area contributed by atoms with Crippen LogP contribution in [-0.4, -0.2) is 11.1 Å². The third-order valence-corrected chi connectivity index (χ3v) is 2.32. The van der Waals surface area contributed by atoms with Gasteiger partial charge < -0.3 is 9.52 Å². The Morgan fingerprint density at radius 1 is 1.35 bits per heavy atom. The Hall–Kier alpha value is -1.98. The van der Waals surface area contributed by atoms with Crippen LogP contribution in [0.2, 0.25) is 0 Å². The molecule has 0 aliphatic heterocycles. The van der Waals surface area contributed by atoms with E-state index < -0.39 is 24.1 Å². The van der Waals surface area contributed by atoms with Crippen molar-refractivity contribution in [2.75, 3.05) is 0 Å². The Morgan fingerprint density at radius 2 is 2.06 bits per heavy atom. The molecule has 1 heterocycles. The highest BCUT2D eigenvalue weighted by atomic mass is 19.4. The quantitative estimate of drug-likeness (QED) is 0.883. The van der Waals surface area contributed by atoms with Gasteiger partial charge in [-0.2, -0.15) is 13.2 Å². The molecule has 1 aromatic carbocycles. The molecule has 0 amide bonds. The topological polar surface area (TPSA) is 50.4 Å². The number of hydrogen-bond acceptors (Lipinski definition) is 2. The molecular weight excluding hydrogens is 237 g/mol. The van der Waals surface area contributed by atoms with E-state index in [2.05, 4.69) is 0 Å². The minimum atomic E-state index is -4.53. The summed E-state index contributed by atoms with van der Waals surface area (Å²) in [6, 6.07) is 3.50. The lowest BCUT2D eigenvalue weighted by Gasteiger charge is -2.08. The molecule has 0 aliphatic carbocycles. The summed E-state index contributed by atoms with van der Waals surface area (Å²) >= 11 is 0. The van der Waals surface area contributed by atoms with E-state index in [1.165, 1.54) is 12.1 Å². The number of aliphatic carboxylic acids is 1. The van der Waals surface area contributed by atoms with Gasteiger partial charge in [-0.3, -0.25) is 4.79 Å². The molecular formula is C11H7F3O3. The maximum Gasteiger partial charge on any atom is 0.417 e. The first kappa shape index (κ1) is 11.5. The number of benzene rings is 1. The second kappa shape index (κ2) is 3.80. The molecule has 2 rings (SSSR count). The maximum atomic E-state index is 12.7. The Morgan fingerprint density at radius 3 is 2.65 bits per heavy atom. The molecule has 0 atom stereocenters. The predicted molar refractivity (Wildman–Crippen MR) is 52.6 cm³/mol. The number of carboxylic acids is 1. The molecule has 0 unspecified atom stereocenters. The molecule has 0 spiro atoms. The summed E-state index contributed by atoms with van der Waals surface area (Å²) in [5.74, 6) is -1.20. The van der Waals surface area contributed by atoms with Gasteiger partial charge in [0.25, 0.3) is 0 Å². The van der Waals surface area contributed by atoms with Crippen molar-refractivity contribution in [3.63, 3.8) is 0 Å². The third kappa shape index (κ3) is 2.11. The summed E-state index contributed by atoms with van der Waals surface area (Å²) in [6.45, 7) is 0. The van der Waals surface area contributed by atoms with Gasteiger partial charge in [0.05, 0.1) is 18.2 Å². The lowest BCUT2D eigenvalue weighted by molar-refractivity contribution is -0.137. The highest BCUT2D eigenvalue weighted by molar-refractivity contribution is 5.88. The Balaban J connectivity index is 2.68. The summed E-state index contributed by atoms with van der Waals surface area (Å²) in [5, 5.41) is 8.44. The summed E-state index contributed by atoms with van der Waals surface area (Å²) in [7, 11) is 0. The van der Waals surface area contributed by atoms with Crippen LogP contribution >= 0.6 is 0 Å². The zero-order chi connectivity index (χ0) is 12.6. The normalized spacial score (nSPS) is 11.9. The molecule has 0 bridgehead atoms. The van der Waals surface area contributed by atoms with E-state index in [-0.39, 0.29) is 16.5 Å². The SMILES string of the molecule is O=C(O)Cc1coc2cccc(C(F)(F)F)c12. The minimum Gasteiger partial charge on any atom is -0.481 e. The van der Waals surface area contributed by atoms with E-state index in [0.717, 1.165) is 12.3 Å². The number of halogens is 3. The fraction of sp³-hybridized carbons (Fsp3) is 0.182. The van der Waals surface area contributed by atoms with Gasteiger partial charge in [-0.15, -0.1) is 0 Å². The molecule has 1 aromatic heterocycles. The van der Waals surface area contributed by atoms with Crippen LogP contribution in [0, 0.1) is 0 Å². The second-order valence-corrected chi connectivity index (χ2v) is 3.51. The molecule has 0 fully saturated rings. The van der Waals surface area contributed by atoms with Crippen molar-refractivity contribution in [2.24, 2.45) is 0 Å². The van der Waals surface area contributed by atoms with E-state index >= 15 is 0 Å². The van der Waals surface area contributed by atoms with Gasteiger partial charge in [0.2, 0.25) is 0 Å². The number of carboxylic acid groups (broad SMARTS) is 1. The molecule has 0 radical (unpaired) electrons. The van der Waals surface area contributed by atoms with Crippen molar-refractivity contribution in [3.8, 4) is 0 Å². The highest BCUT2D eigenvalue weighted by Crippen LogP contribution is 2.37. The maximum absolute atomic E-state index is 12.7. The van der Waals surface area contributed by atoms with Gasteiger partial charge in [0, 0.05) is 10.9 Å². The number of alkyl halides is 3. The van der Waals surface area contributed by atoms with Crippen LogP contribution < -0.4 is 0 Å². The average Bonchev–Trinajstić information content (AvgIpc) is 2.59. The largest absolute Gasteiger partial charge is 0.481 e. The van der Waals surface area contributed by atoms with Gasteiger partial charge in [-0.05, 0) is 12.1 Å². The second-order valence-electron chi connectivity index (χ2n) is 3.51. The Bertz CT molecular complexity index is 569. The number of rotatable bonds is 2. The highest BCUT2D eigenvalue weighted by Gasteiger charge is 2.34. The molecule has 3 nitrogen and oxygen atoms in total. The van der Waals surface area contributed by atoms with Crippen LogP contribution in [0.25, 0.3) is 11.0 Å². The molecule has 0 saturated heterocycles. The molecule has 1 N–H and O–H groups in total. The fourth-order valence-corrected chi connectivity index (χ4v) is 1.68. The zero-order valence-electron chi connectivity index (χ0n) is 8.41. The summed E-state index contributed by atoms with van der Waals surface area (Å²) < 4.78 is 43.1. The van der Waals surface area contributed by atoms with Crippen LogP contribution in [0.4, 0.5) is 13.2 Å². The minimum absolute atomic E-state index is 0.0282. The molecule has 17 heavy (non-hydrogen) atoms. The number of carbonyl (C=O) groups is 1. The first-order valence-electron chi connectivity index (χ1n) is 4.67. The summed E-state index contributed by atoms with van der Waals surface area (Å²) in [5.41, 5.74) is -0.809. The van der Waals surface area contributed by atoms with Crippen molar-refractivity contribution < 1.29 is 27.5 Å². The first-order chi connectivity index (χ1) is 7.89. The van der Waals surface area contributed by atoms with Crippen molar-refractivity contribution in [1.82, 2.24) is 0 Å². The molecule has 6 heteroatoms. The number of hydrogen-bond donors (Lipinski definition) is 1. The zero-order valence-corrected chi connectivity index (χ0v) is 8.41. The number of furan rings is 1. The van der Waals surface area contributed by atoms with E-state index in [1.54, 1.807) is 0 Å². The van der Waals surface area contributed by atoms with Gasteiger partial charge in [0.15, 0.2) is 0 Å². The van der Waals surface area contributed by atoms with Crippen LogP contribution in [0.3, 0.4) is 0 Å². The van der Waals surface area contributed by atoms with Crippen LogP contribution in [0.15, 0.2) is 28.9 Å². The van der Waals surface area contributed by atoms with E-state index in [9.17, 15) is 18.0 Å². The fourth-order valence-electron chi connectivity index (χ4n) is 1.68. The van der Waals surface area contributed by atoms with Crippen LogP contribution in [0.1, 0.15) is 11.1 Å². The van der Waals surface area contributed by atoms with Crippen molar-refractivity contribution in [3.05, 3.63) is 35.6 Å². The third-order valence-electron chi connectivity index (χ3n) is 2.32. The van der Waals surface area contributed by atoms with E-state index in [0.29, 0.717) is 0 Å². The Labute approximate surface area is 93.5 Å². The van der Waals surface area contributed by atoms with Crippen molar-refractivity contribution in [1.29, 1.82) is 0 Å². The van der Waals surface area contributed by atoms with E-state index in [1.807, 2.05) is 0 Å². The van der Waals surface area contributed by atoms with Crippen LogP contribution in [0.5, 0.6) is 0 Å². The molecule has 0 saturated carbocycles. The first-order valence-corrected chi connectivity index (χ1v) is 4.67. The summed E-state index contributed by atoms with van der Waals surface area (Å²) in [6.07, 6.45) is -3.98. The molecule has 0 aliphatic rings.